The maximum Gasteiger partial charge on any atom is 0.123 e. The zero-order valence-corrected chi connectivity index (χ0v) is 15.5. The Balaban J connectivity index is 1.74. The Morgan fingerprint density at radius 1 is 0.962 bits per heavy atom. The third-order valence-electron chi connectivity index (χ3n) is 5.21. The molecule has 0 amide bonds. The summed E-state index contributed by atoms with van der Waals surface area (Å²) >= 11 is 0. The molecule has 1 unspecified atom stereocenters. The fraction of sp³-hybridized carbons (Fsp3) is 0.304. The van der Waals surface area contributed by atoms with Gasteiger partial charge in [0.1, 0.15) is 5.82 Å². The van der Waals surface area contributed by atoms with Gasteiger partial charge in [0.05, 0.1) is 6.04 Å². The summed E-state index contributed by atoms with van der Waals surface area (Å²) in [6.45, 7) is 7.26. The molecule has 1 aliphatic rings. The van der Waals surface area contributed by atoms with Gasteiger partial charge in [-0.05, 0) is 55.7 Å². The SMILES string of the molecule is Cc1cc(C)cc(CN2CCCn3cccc3C2c2ccc(F)cc2)c1. The van der Waals surface area contributed by atoms with Crippen LogP contribution in [0.25, 0.3) is 0 Å². The summed E-state index contributed by atoms with van der Waals surface area (Å²) < 4.78 is 15.8. The Morgan fingerprint density at radius 2 is 1.69 bits per heavy atom. The molecule has 3 aromatic rings. The molecular weight excluding hydrogens is 323 g/mol. The Bertz CT molecular complexity index is 875. The van der Waals surface area contributed by atoms with Crippen molar-refractivity contribution in [1.29, 1.82) is 0 Å². The molecule has 0 radical (unpaired) electrons. The summed E-state index contributed by atoms with van der Waals surface area (Å²) in [6, 6.07) is 18.2. The van der Waals surface area contributed by atoms with Crippen molar-refractivity contribution in [3.63, 3.8) is 0 Å². The summed E-state index contributed by atoms with van der Waals surface area (Å²) in [5.74, 6) is -0.182. The molecule has 0 saturated carbocycles. The molecule has 0 aliphatic carbocycles. The molecule has 0 saturated heterocycles. The molecular formula is C23H25FN2. The van der Waals surface area contributed by atoms with Crippen LogP contribution < -0.4 is 0 Å². The number of aryl methyl sites for hydroxylation is 3. The predicted molar refractivity (Wildman–Crippen MR) is 104 cm³/mol. The van der Waals surface area contributed by atoms with Crippen molar-refractivity contribution in [2.75, 3.05) is 6.54 Å². The molecule has 1 atom stereocenters. The van der Waals surface area contributed by atoms with Crippen LogP contribution in [0.15, 0.2) is 60.8 Å². The summed E-state index contributed by atoms with van der Waals surface area (Å²) in [5, 5.41) is 0. The van der Waals surface area contributed by atoms with Gasteiger partial charge in [0, 0.05) is 31.5 Å². The minimum absolute atomic E-state index is 0.147. The lowest BCUT2D eigenvalue weighted by Crippen LogP contribution is -2.29. The van der Waals surface area contributed by atoms with Gasteiger partial charge >= 0.3 is 0 Å². The maximum atomic E-state index is 13.5. The van der Waals surface area contributed by atoms with Crippen LogP contribution in [0, 0.1) is 19.7 Å². The normalized spacial score (nSPS) is 17.7. The van der Waals surface area contributed by atoms with Gasteiger partial charge in [0.2, 0.25) is 0 Å². The molecule has 0 fully saturated rings. The second-order valence-electron chi connectivity index (χ2n) is 7.40. The van der Waals surface area contributed by atoms with Crippen LogP contribution in [-0.4, -0.2) is 16.0 Å². The minimum Gasteiger partial charge on any atom is -0.350 e. The molecule has 2 aromatic carbocycles. The van der Waals surface area contributed by atoms with Crippen molar-refractivity contribution in [3.8, 4) is 0 Å². The van der Waals surface area contributed by atoms with Crippen molar-refractivity contribution in [3.05, 3.63) is 94.6 Å². The first-order valence-electron chi connectivity index (χ1n) is 9.32. The third kappa shape index (κ3) is 3.45. The van der Waals surface area contributed by atoms with Crippen LogP contribution in [0.5, 0.6) is 0 Å². The second-order valence-corrected chi connectivity index (χ2v) is 7.40. The van der Waals surface area contributed by atoms with Crippen molar-refractivity contribution in [2.45, 2.75) is 39.4 Å². The molecule has 134 valence electrons. The Kier molecular flexibility index (Phi) is 4.64. The van der Waals surface area contributed by atoms with Gasteiger partial charge in [0.15, 0.2) is 0 Å². The molecule has 0 spiro atoms. The van der Waals surface area contributed by atoms with Crippen molar-refractivity contribution < 1.29 is 4.39 Å². The topological polar surface area (TPSA) is 8.17 Å². The average molecular weight is 348 g/mol. The molecule has 26 heavy (non-hydrogen) atoms. The highest BCUT2D eigenvalue weighted by atomic mass is 19.1. The predicted octanol–water partition coefficient (Wildman–Crippen LogP) is 5.24. The lowest BCUT2D eigenvalue weighted by Gasteiger charge is -2.31. The molecule has 4 rings (SSSR count). The largest absolute Gasteiger partial charge is 0.350 e. The lowest BCUT2D eigenvalue weighted by molar-refractivity contribution is 0.220. The van der Waals surface area contributed by atoms with E-state index < -0.39 is 0 Å². The third-order valence-corrected chi connectivity index (χ3v) is 5.21. The highest BCUT2D eigenvalue weighted by molar-refractivity contribution is 5.32. The molecule has 3 heteroatoms. The molecule has 2 heterocycles. The van der Waals surface area contributed by atoms with E-state index in [1.54, 1.807) is 12.1 Å². The molecule has 1 aromatic heterocycles. The zero-order valence-electron chi connectivity index (χ0n) is 15.5. The van der Waals surface area contributed by atoms with Gasteiger partial charge in [-0.1, -0.05) is 41.5 Å². The smallest absolute Gasteiger partial charge is 0.123 e. The molecule has 0 N–H and O–H groups in total. The average Bonchev–Trinajstić information content (AvgIpc) is 2.97. The highest BCUT2D eigenvalue weighted by Gasteiger charge is 2.27. The number of halogens is 1. The summed E-state index contributed by atoms with van der Waals surface area (Å²) in [7, 11) is 0. The van der Waals surface area contributed by atoms with Crippen molar-refractivity contribution >= 4 is 0 Å². The Hall–Kier alpha value is -2.39. The van der Waals surface area contributed by atoms with E-state index in [0.717, 1.165) is 31.6 Å². The first kappa shape index (κ1) is 17.0. The highest BCUT2D eigenvalue weighted by Crippen LogP contribution is 2.33. The monoisotopic (exact) mass is 348 g/mol. The van der Waals surface area contributed by atoms with E-state index in [4.69, 9.17) is 0 Å². The van der Waals surface area contributed by atoms with E-state index in [2.05, 4.69) is 59.8 Å². The number of hydrogen-bond donors (Lipinski definition) is 0. The molecule has 0 bridgehead atoms. The first-order chi connectivity index (χ1) is 12.6. The maximum absolute atomic E-state index is 13.5. The van der Waals surface area contributed by atoms with Crippen LogP contribution in [0.4, 0.5) is 4.39 Å². The lowest BCUT2D eigenvalue weighted by atomic mass is 10.00. The van der Waals surface area contributed by atoms with Gasteiger partial charge in [-0.3, -0.25) is 4.90 Å². The number of nitrogens with zero attached hydrogens (tertiary/aromatic N) is 2. The van der Waals surface area contributed by atoms with Crippen LogP contribution >= 0.6 is 0 Å². The van der Waals surface area contributed by atoms with E-state index >= 15 is 0 Å². The molecule has 1 aliphatic heterocycles. The van der Waals surface area contributed by atoms with Crippen LogP contribution in [0.3, 0.4) is 0 Å². The summed E-state index contributed by atoms with van der Waals surface area (Å²) in [5.41, 5.74) is 6.39. The van der Waals surface area contributed by atoms with E-state index in [0.29, 0.717) is 0 Å². The van der Waals surface area contributed by atoms with Gasteiger partial charge in [-0.15, -0.1) is 0 Å². The van der Waals surface area contributed by atoms with Gasteiger partial charge in [-0.25, -0.2) is 4.39 Å². The van der Waals surface area contributed by atoms with Crippen LogP contribution in [0.1, 0.15) is 40.4 Å². The second kappa shape index (κ2) is 7.08. The van der Waals surface area contributed by atoms with E-state index in [-0.39, 0.29) is 11.9 Å². The first-order valence-corrected chi connectivity index (χ1v) is 9.32. The Labute approximate surface area is 154 Å². The summed E-state index contributed by atoms with van der Waals surface area (Å²) in [6.07, 6.45) is 3.27. The van der Waals surface area contributed by atoms with Crippen molar-refractivity contribution in [2.24, 2.45) is 0 Å². The van der Waals surface area contributed by atoms with Gasteiger partial charge in [0.25, 0.3) is 0 Å². The summed E-state index contributed by atoms with van der Waals surface area (Å²) in [4.78, 5) is 2.53. The van der Waals surface area contributed by atoms with Crippen LogP contribution in [-0.2, 0) is 13.1 Å². The minimum atomic E-state index is -0.182. The number of benzene rings is 2. The van der Waals surface area contributed by atoms with E-state index in [1.807, 2.05) is 12.1 Å². The molecule has 2 nitrogen and oxygen atoms in total. The van der Waals surface area contributed by atoms with Gasteiger partial charge in [-0.2, -0.15) is 0 Å². The van der Waals surface area contributed by atoms with Crippen molar-refractivity contribution in [1.82, 2.24) is 9.47 Å². The quantitative estimate of drug-likeness (QED) is 0.628. The Morgan fingerprint density at radius 3 is 2.42 bits per heavy atom. The number of fused-ring (bicyclic) bond motifs is 1. The zero-order chi connectivity index (χ0) is 18.1. The van der Waals surface area contributed by atoms with E-state index in [1.165, 1.54) is 22.4 Å². The standard InChI is InChI=1S/C23H25FN2/c1-17-13-18(2)15-19(14-17)16-26-12-4-11-25-10-3-5-22(25)23(26)20-6-8-21(24)9-7-20/h3,5-10,13-15,23H,4,11-12,16H2,1-2H3. The van der Waals surface area contributed by atoms with E-state index in [9.17, 15) is 4.39 Å². The number of aromatic nitrogens is 1. The fourth-order valence-electron chi connectivity index (χ4n) is 4.23. The fourth-order valence-corrected chi connectivity index (χ4v) is 4.23. The number of hydrogen-bond acceptors (Lipinski definition) is 1. The number of rotatable bonds is 3. The van der Waals surface area contributed by atoms with Crippen LogP contribution in [0.2, 0.25) is 0 Å². The van der Waals surface area contributed by atoms with Gasteiger partial charge < -0.3 is 4.57 Å².